The molecule has 1 saturated heterocycles. The molecule has 2 aliphatic rings. The van der Waals surface area contributed by atoms with Crippen LogP contribution in [0.4, 0.5) is 39.0 Å². The van der Waals surface area contributed by atoms with Crippen molar-refractivity contribution in [1.29, 1.82) is 0 Å². The smallest absolute Gasteiger partial charge is 0.416 e. The topological polar surface area (TPSA) is 57.6 Å². The molecular weight excluding hydrogens is 547 g/mol. The van der Waals surface area contributed by atoms with Gasteiger partial charge in [-0.05, 0) is 36.4 Å². The number of rotatable bonds is 5. The number of halogens is 5. The van der Waals surface area contributed by atoms with E-state index in [9.17, 15) is 18.0 Å². The second-order valence-corrected chi connectivity index (χ2v) is 9.60. The van der Waals surface area contributed by atoms with Gasteiger partial charge in [-0.25, -0.2) is 13.8 Å². The van der Waals surface area contributed by atoms with Gasteiger partial charge < -0.3 is 24.2 Å². The molecule has 0 N–H and O–H groups in total. The van der Waals surface area contributed by atoms with Gasteiger partial charge in [0.2, 0.25) is 5.96 Å². The van der Waals surface area contributed by atoms with E-state index in [1.165, 1.54) is 30.2 Å². The van der Waals surface area contributed by atoms with E-state index >= 15 is 8.78 Å². The highest BCUT2D eigenvalue weighted by molar-refractivity contribution is 6.01. The zero-order valence-corrected chi connectivity index (χ0v) is 22.3. The predicted octanol–water partition coefficient (Wildman–Crippen LogP) is 5.93. The molecule has 0 aliphatic carbocycles. The highest BCUT2D eigenvalue weighted by Crippen LogP contribution is 2.44. The summed E-state index contributed by atoms with van der Waals surface area (Å²) in [6.45, 7) is 1.64. The van der Waals surface area contributed by atoms with Crippen molar-refractivity contribution >= 4 is 29.0 Å². The number of methoxy groups -OCH3 is 2. The minimum absolute atomic E-state index is 0.0417. The fourth-order valence-corrected chi connectivity index (χ4v) is 5.14. The summed E-state index contributed by atoms with van der Waals surface area (Å²) in [4.78, 5) is 22.1. The number of anilines is 2. The Morgan fingerprint density at radius 3 is 2.32 bits per heavy atom. The first kappa shape index (κ1) is 28.2. The SMILES string of the molecule is COC(=O)CC1c2cccc(F)c2N=C(N2CCN(c3cccc(OC)c3)CC2)N1c1cc(C(F)(F)F)ccc1F. The minimum atomic E-state index is -4.75. The summed E-state index contributed by atoms with van der Waals surface area (Å²) >= 11 is 0. The fraction of sp³-hybridized carbons (Fsp3) is 0.310. The standard InChI is InChI=1S/C29H27F5N4O3/c1-40-20-6-3-5-19(16-20)36-11-13-37(14-12-36)28-35-27-21(7-4-8-23(27)31)24(17-26(39)41-2)38(28)25-15-18(29(32,33)34)9-10-22(25)30/h3-10,15-16,24H,11-14,17H2,1-2H3. The summed E-state index contributed by atoms with van der Waals surface area (Å²) < 4.78 is 81.8. The minimum Gasteiger partial charge on any atom is -0.497 e. The van der Waals surface area contributed by atoms with E-state index in [1.54, 1.807) is 12.0 Å². The Hall–Kier alpha value is -4.35. The van der Waals surface area contributed by atoms with Crippen LogP contribution in [0.1, 0.15) is 23.6 Å². The van der Waals surface area contributed by atoms with Crippen LogP contribution in [-0.2, 0) is 15.7 Å². The lowest BCUT2D eigenvalue weighted by molar-refractivity contribution is -0.141. The molecule has 0 spiro atoms. The molecule has 1 fully saturated rings. The second-order valence-electron chi connectivity index (χ2n) is 9.60. The van der Waals surface area contributed by atoms with Gasteiger partial charge in [-0.15, -0.1) is 0 Å². The molecule has 2 aliphatic heterocycles. The number of benzene rings is 3. The maximum atomic E-state index is 15.4. The monoisotopic (exact) mass is 574 g/mol. The molecule has 1 atom stereocenters. The number of fused-ring (bicyclic) bond motifs is 1. The van der Waals surface area contributed by atoms with Crippen molar-refractivity contribution < 1.29 is 36.2 Å². The summed E-state index contributed by atoms with van der Waals surface area (Å²) in [5.41, 5.74) is -0.424. The van der Waals surface area contributed by atoms with Gasteiger partial charge >= 0.3 is 12.1 Å². The van der Waals surface area contributed by atoms with Gasteiger partial charge in [-0.1, -0.05) is 18.2 Å². The highest BCUT2D eigenvalue weighted by atomic mass is 19.4. The summed E-state index contributed by atoms with van der Waals surface area (Å²) in [5, 5.41) is 0. The summed E-state index contributed by atoms with van der Waals surface area (Å²) in [7, 11) is 2.74. The van der Waals surface area contributed by atoms with Crippen LogP contribution in [0.5, 0.6) is 5.75 Å². The Morgan fingerprint density at radius 2 is 1.63 bits per heavy atom. The summed E-state index contributed by atoms with van der Waals surface area (Å²) in [6.07, 6.45) is -5.13. The number of alkyl halides is 3. The Balaban J connectivity index is 1.59. The van der Waals surface area contributed by atoms with Crippen LogP contribution >= 0.6 is 0 Å². The maximum Gasteiger partial charge on any atom is 0.416 e. The Morgan fingerprint density at radius 1 is 0.927 bits per heavy atom. The number of ether oxygens (including phenoxy) is 2. The van der Waals surface area contributed by atoms with Crippen LogP contribution in [0.2, 0.25) is 0 Å². The Bertz CT molecular complexity index is 1470. The van der Waals surface area contributed by atoms with Gasteiger partial charge in [0.05, 0.1) is 37.9 Å². The van der Waals surface area contributed by atoms with Crippen molar-refractivity contribution in [3.8, 4) is 5.75 Å². The molecule has 0 aromatic heterocycles. The molecule has 0 radical (unpaired) electrons. The van der Waals surface area contributed by atoms with Crippen LogP contribution in [0, 0.1) is 11.6 Å². The van der Waals surface area contributed by atoms with Crippen molar-refractivity contribution in [2.45, 2.75) is 18.6 Å². The quantitative estimate of drug-likeness (QED) is 0.278. The molecule has 3 aromatic carbocycles. The van der Waals surface area contributed by atoms with E-state index in [-0.39, 0.29) is 23.6 Å². The number of esters is 1. The van der Waals surface area contributed by atoms with Crippen molar-refractivity contribution in [2.24, 2.45) is 4.99 Å². The number of guanidine groups is 1. The molecule has 0 saturated carbocycles. The van der Waals surface area contributed by atoms with Gasteiger partial charge in [0, 0.05) is 43.5 Å². The lowest BCUT2D eigenvalue weighted by Gasteiger charge is -2.45. The third-order valence-electron chi connectivity index (χ3n) is 7.22. The molecule has 0 bridgehead atoms. The van der Waals surface area contributed by atoms with Gasteiger partial charge in [0.25, 0.3) is 0 Å². The molecule has 2 heterocycles. The third kappa shape index (κ3) is 5.63. The molecule has 216 valence electrons. The number of hydrogen-bond donors (Lipinski definition) is 0. The van der Waals surface area contributed by atoms with E-state index in [0.717, 1.165) is 11.8 Å². The Labute approximate surface area is 233 Å². The van der Waals surface area contributed by atoms with E-state index in [1.807, 2.05) is 24.3 Å². The average molecular weight is 575 g/mol. The number of nitrogens with zero attached hydrogens (tertiary/aromatic N) is 4. The molecule has 12 heteroatoms. The highest BCUT2D eigenvalue weighted by Gasteiger charge is 2.40. The zero-order chi connectivity index (χ0) is 29.3. The van der Waals surface area contributed by atoms with Crippen molar-refractivity contribution in [1.82, 2.24) is 4.90 Å². The lowest BCUT2D eigenvalue weighted by atomic mass is 9.96. The van der Waals surface area contributed by atoms with Gasteiger partial charge in [0.1, 0.15) is 23.1 Å². The van der Waals surface area contributed by atoms with Crippen LogP contribution < -0.4 is 14.5 Å². The van der Waals surface area contributed by atoms with Crippen molar-refractivity contribution in [3.63, 3.8) is 0 Å². The largest absolute Gasteiger partial charge is 0.497 e. The number of para-hydroxylation sites is 1. The normalized spacial score (nSPS) is 17.2. The second kappa shape index (κ2) is 11.3. The lowest BCUT2D eigenvalue weighted by Crippen LogP contribution is -2.55. The van der Waals surface area contributed by atoms with Gasteiger partial charge in [-0.2, -0.15) is 13.2 Å². The van der Waals surface area contributed by atoms with Crippen LogP contribution in [-0.4, -0.2) is 57.2 Å². The maximum absolute atomic E-state index is 15.4. The van der Waals surface area contributed by atoms with Crippen molar-refractivity contribution in [2.75, 3.05) is 50.2 Å². The number of hydrogen-bond acceptors (Lipinski definition) is 7. The van der Waals surface area contributed by atoms with Crippen LogP contribution in [0.15, 0.2) is 65.7 Å². The van der Waals surface area contributed by atoms with Crippen LogP contribution in [0.3, 0.4) is 0 Å². The van der Waals surface area contributed by atoms with Gasteiger partial charge in [0.15, 0.2) is 0 Å². The Kier molecular flexibility index (Phi) is 7.74. The average Bonchev–Trinajstić information content (AvgIpc) is 2.97. The molecule has 3 aromatic rings. The molecule has 41 heavy (non-hydrogen) atoms. The molecule has 0 amide bonds. The first-order chi connectivity index (χ1) is 19.6. The number of carbonyl (C=O) groups excluding carboxylic acids is 1. The van der Waals surface area contributed by atoms with E-state index < -0.39 is 41.1 Å². The van der Waals surface area contributed by atoms with E-state index in [2.05, 4.69) is 9.89 Å². The first-order valence-corrected chi connectivity index (χ1v) is 12.8. The van der Waals surface area contributed by atoms with Crippen molar-refractivity contribution in [3.05, 3.63) is 83.4 Å². The molecule has 1 unspecified atom stereocenters. The summed E-state index contributed by atoms with van der Waals surface area (Å²) in [5.74, 6) is -1.60. The third-order valence-corrected chi connectivity index (χ3v) is 7.22. The molecule has 5 rings (SSSR count). The van der Waals surface area contributed by atoms with Gasteiger partial charge in [-0.3, -0.25) is 4.79 Å². The first-order valence-electron chi connectivity index (χ1n) is 12.8. The fourth-order valence-electron chi connectivity index (χ4n) is 5.14. The molecular formula is C29H27F5N4O3. The zero-order valence-electron chi connectivity index (χ0n) is 22.3. The predicted molar refractivity (Wildman–Crippen MR) is 144 cm³/mol. The summed E-state index contributed by atoms with van der Waals surface area (Å²) in [6, 6.07) is 12.6. The number of piperazine rings is 1. The van der Waals surface area contributed by atoms with Crippen LogP contribution in [0.25, 0.3) is 0 Å². The van der Waals surface area contributed by atoms with E-state index in [4.69, 9.17) is 9.47 Å². The molecule has 7 nitrogen and oxygen atoms in total. The van der Waals surface area contributed by atoms with E-state index in [0.29, 0.717) is 44.1 Å². The number of carbonyl (C=O) groups is 1. The number of aliphatic imine (C=N–C) groups is 1.